The first-order chi connectivity index (χ1) is 11.8. The monoisotopic (exact) mass is 364 g/mol. The summed E-state index contributed by atoms with van der Waals surface area (Å²) in [5.74, 6) is -0.570. The first-order valence-corrected chi connectivity index (χ1v) is 7.75. The molecule has 2 rings (SSSR count). The Morgan fingerprint density at radius 3 is 2.72 bits per heavy atom. The van der Waals surface area contributed by atoms with Gasteiger partial charge in [0.25, 0.3) is 5.91 Å². The fourth-order valence-electron chi connectivity index (χ4n) is 2.20. The second kappa shape index (κ2) is 7.80. The molecule has 0 saturated heterocycles. The number of ether oxygens (including phenoxy) is 1. The number of benzene rings is 1. The Hall–Kier alpha value is -2.87. The van der Waals surface area contributed by atoms with E-state index >= 15 is 0 Å². The Morgan fingerprint density at radius 1 is 1.40 bits per heavy atom. The number of primary amides is 1. The SMILES string of the molecule is Cc1cc(NC(=O)c2c(Cl)cccc2CC(=O)C(C)OC(N)=O)n[nH]1. The van der Waals surface area contributed by atoms with Crippen molar-refractivity contribution >= 4 is 35.2 Å². The van der Waals surface area contributed by atoms with Gasteiger partial charge in [0.1, 0.15) is 0 Å². The Morgan fingerprint density at radius 2 is 2.12 bits per heavy atom. The predicted octanol–water partition coefficient (Wildman–Crippen LogP) is 2.22. The van der Waals surface area contributed by atoms with Crippen LogP contribution in [0.4, 0.5) is 10.6 Å². The van der Waals surface area contributed by atoms with Gasteiger partial charge in [-0.2, -0.15) is 5.10 Å². The second-order valence-corrected chi connectivity index (χ2v) is 5.79. The number of nitrogens with zero attached hydrogens (tertiary/aromatic N) is 1. The Kier molecular flexibility index (Phi) is 5.76. The maximum atomic E-state index is 12.5. The van der Waals surface area contributed by atoms with Crippen LogP contribution in [0, 0.1) is 6.92 Å². The summed E-state index contributed by atoms with van der Waals surface area (Å²) in [6.07, 6.45) is -2.21. The van der Waals surface area contributed by atoms with E-state index in [0.29, 0.717) is 11.4 Å². The van der Waals surface area contributed by atoms with Gasteiger partial charge in [-0.15, -0.1) is 0 Å². The van der Waals surface area contributed by atoms with E-state index in [1.54, 1.807) is 31.2 Å². The number of nitrogens with one attached hydrogen (secondary N) is 2. The lowest BCUT2D eigenvalue weighted by Crippen LogP contribution is -2.29. The molecule has 1 heterocycles. The van der Waals surface area contributed by atoms with Gasteiger partial charge in [0.2, 0.25) is 0 Å². The summed E-state index contributed by atoms with van der Waals surface area (Å²) in [5, 5.41) is 9.44. The maximum Gasteiger partial charge on any atom is 0.405 e. The number of H-pyrrole nitrogens is 1. The molecule has 0 radical (unpaired) electrons. The number of rotatable bonds is 6. The van der Waals surface area contributed by atoms with Crippen LogP contribution in [0.3, 0.4) is 0 Å². The molecule has 25 heavy (non-hydrogen) atoms. The molecule has 0 saturated carbocycles. The summed E-state index contributed by atoms with van der Waals surface area (Å²) in [4.78, 5) is 35.5. The minimum absolute atomic E-state index is 0.142. The van der Waals surface area contributed by atoms with E-state index < -0.39 is 23.9 Å². The average Bonchev–Trinajstić information content (AvgIpc) is 2.91. The van der Waals surface area contributed by atoms with Gasteiger partial charge in [-0.05, 0) is 25.5 Å². The number of aryl methyl sites for hydroxylation is 1. The van der Waals surface area contributed by atoms with Gasteiger partial charge in [0, 0.05) is 18.2 Å². The van der Waals surface area contributed by atoms with Crippen LogP contribution in [0.25, 0.3) is 0 Å². The number of hydrogen-bond donors (Lipinski definition) is 3. The van der Waals surface area contributed by atoms with Crippen molar-refractivity contribution < 1.29 is 19.1 Å². The fourth-order valence-corrected chi connectivity index (χ4v) is 2.48. The normalized spacial score (nSPS) is 11.6. The number of aromatic nitrogens is 2. The predicted molar refractivity (Wildman–Crippen MR) is 91.6 cm³/mol. The molecule has 1 atom stereocenters. The van der Waals surface area contributed by atoms with Gasteiger partial charge in [-0.1, -0.05) is 23.7 Å². The summed E-state index contributed by atoms with van der Waals surface area (Å²) in [7, 11) is 0. The summed E-state index contributed by atoms with van der Waals surface area (Å²) in [6.45, 7) is 3.20. The van der Waals surface area contributed by atoms with Crippen LogP contribution in [-0.4, -0.2) is 34.1 Å². The lowest BCUT2D eigenvalue weighted by atomic mass is 9.99. The quantitative estimate of drug-likeness (QED) is 0.724. The zero-order valence-electron chi connectivity index (χ0n) is 13.6. The molecule has 132 valence electrons. The largest absolute Gasteiger partial charge is 0.439 e. The second-order valence-electron chi connectivity index (χ2n) is 5.39. The molecule has 0 fully saturated rings. The number of aromatic amines is 1. The van der Waals surface area contributed by atoms with Crippen molar-refractivity contribution in [3.05, 3.63) is 46.1 Å². The number of hydrogen-bond acceptors (Lipinski definition) is 5. The molecule has 0 spiro atoms. The molecule has 0 aliphatic rings. The lowest BCUT2D eigenvalue weighted by Gasteiger charge is -2.13. The smallest absolute Gasteiger partial charge is 0.405 e. The van der Waals surface area contributed by atoms with Gasteiger partial charge < -0.3 is 15.8 Å². The zero-order chi connectivity index (χ0) is 18.6. The van der Waals surface area contributed by atoms with Crippen LogP contribution >= 0.6 is 11.6 Å². The van der Waals surface area contributed by atoms with Gasteiger partial charge in [0.15, 0.2) is 17.7 Å². The summed E-state index contributed by atoms with van der Waals surface area (Å²) >= 11 is 6.14. The summed E-state index contributed by atoms with van der Waals surface area (Å²) in [5.41, 5.74) is 6.25. The van der Waals surface area contributed by atoms with Crippen molar-refractivity contribution in [1.82, 2.24) is 10.2 Å². The van der Waals surface area contributed by atoms with E-state index in [-0.39, 0.29) is 17.0 Å². The molecule has 1 aromatic carbocycles. The highest BCUT2D eigenvalue weighted by atomic mass is 35.5. The first-order valence-electron chi connectivity index (χ1n) is 7.37. The minimum Gasteiger partial charge on any atom is -0.439 e. The van der Waals surface area contributed by atoms with Crippen molar-refractivity contribution in [3.63, 3.8) is 0 Å². The maximum absolute atomic E-state index is 12.5. The number of carbonyl (C=O) groups is 3. The highest BCUT2D eigenvalue weighted by Crippen LogP contribution is 2.22. The third-order valence-electron chi connectivity index (χ3n) is 3.39. The van der Waals surface area contributed by atoms with E-state index in [4.69, 9.17) is 17.3 Å². The third-order valence-corrected chi connectivity index (χ3v) is 3.70. The Labute approximate surface area is 148 Å². The molecule has 2 aromatic rings. The van der Waals surface area contributed by atoms with Crippen molar-refractivity contribution in [2.24, 2.45) is 5.73 Å². The van der Waals surface area contributed by atoms with Gasteiger partial charge >= 0.3 is 6.09 Å². The molecule has 1 unspecified atom stereocenters. The molecule has 1 aromatic heterocycles. The Balaban J connectivity index is 2.22. The highest BCUT2D eigenvalue weighted by Gasteiger charge is 2.22. The van der Waals surface area contributed by atoms with Gasteiger partial charge in [-0.25, -0.2) is 4.79 Å². The van der Waals surface area contributed by atoms with Crippen molar-refractivity contribution in [1.29, 1.82) is 0 Å². The third kappa shape index (κ3) is 4.80. The molecule has 0 aliphatic heterocycles. The highest BCUT2D eigenvalue weighted by molar-refractivity contribution is 6.34. The Bertz CT molecular complexity index is 818. The molecule has 4 N–H and O–H groups in total. The number of amides is 2. The topological polar surface area (TPSA) is 127 Å². The van der Waals surface area contributed by atoms with Crippen LogP contribution < -0.4 is 11.1 Å². The lowest BCUT2D eigenvalue weighted by molar-refractivity contribution is -0.125. The molecular weight excluding hydrogens is 348 g/mol. The van der Waals surface area contributed by atoms with Crippen molar-refractivity contribution in [2.75, 3.05) is 5.32 Å². The molecule has 0 aliphatic carbocycles. The van der Waals surface area contributed by atoms with Crippen molar-refractivity contribution in [3.8, 4) is 0 Å². The van der Waals surface area contributed by atoms with Crippen LogP contribution in [0.2, 0.25) is 5.02 Å². The van der Waals surface area contributed by atoms with Crippen LogP contribution in [0.1, 0.15) is 28.5 Å². The summed E-state index contributed by atoms with van der Waals surface area (Å²) < 4.78 is 4.65. The number of nitrogens with two attached hydrogens (primary N) is 1. The van der Waals surface area contributed by atoms with Crippen molar-refractivity contribution in [2.45, 2.75) is 26.4 Å². The molecular formula is C16H17ClN4O4. The van der Waals surface area contributed by atoms with E-state index in [1.807, 2.05) is 0 Å². The molecule has 2 amide bonds. The van der Waals surface area contributed by atoms with E-state index in [0.717, 1.165) is 5.69 Å². The zero-order valence-corrected chi connectivity index (χ0v) is 14.4. The van der Waals surface area contributed by atoms with E-state index in [9.17, 15) is 14.4 Å². The molecule has 9 heteroatoms. The fraction of sp³-hybridized carbons (Fsp3) is 0.250. The number of Topliss-reactive ketones (excluding diaryl/α,β-unsaturated/α-hetero) is 1. The van der Waals surface area contributed by atoms with Crippen LogP contribution in [0.5, 0.6) is 0 Å². The summed E-state index contributed by atoms with van der Waals surface area (Å²) in [6, 6.07) is 6.43. The standard InChI is InChI=1S/C16H17ClN4O4/c1-8-6-13(21-20-8)19-15(23)14-10(4-3-5-11(14)17)7-12(22)9(2)25-16(18)24/h3-6,9H,7H2,1-2H3,(H2,18,24)(H2,19,20,21,23). The van der Waals surface area contributed by atoms with Gasteiger partial charge in [-0.3, -0.25) is 14.7 Å². The van der Waals surface area contributed by atoms with Crippen LogP contribution in [0.15, 0.2) is 24.3 Å². The van der Waals surface area contributed by atoms with E-state index in [1.165, 1.54) is 6.92 Å². The van der Waals surface area contributed by atoms with Gasteiger partial charge in [0.05, 0.1) is 10.6 Å². The molecule has 0 bridgehead atoms. The first kappa shape index (κ1) is 18.5. The van der Waals surface area contributed by atoms with E-state index in [2.05, 4.69) is 20.3 Å². The molecule has 8 nitrogen and oxygen atoms in total. The minimum atomic E-state index is -1.04. The van der Waals surface area contributed by atoms with Crippen LogP contribution in [-0.2, 0) is 16.0 Å². The number of anilines is 1. The number of ketones is 1. The average molecular weight is 365 g/mol. The number of carbonyl (C=O) groups excluding carboxylic acids is 3. The number of halogens is 1.